The summed E-state index contributed by atoms with van der Waals surface area (Å²) in [6, 6.07) is 4.21. The Balaban J connectivity index is 1.48. The lowest BCUT2D eigenvalue weighted by molar-refractivity contribution is 0.0488. The van der Waals surface area contributed by atoms with Crippen LogP contribution in [0, 0.1) is 0 Å². The minimum absolute atomic E-state index is 0.0839. The lowest BCUT2D eigenvalue weighted by atomic mass is 9.91. The van der Waals surface area contributed by atoms with Crippen LogP contribution in [0.1, 0.15) is 69.7 Å². The number of alkyl carbamates (subject to hydrolysis) is 1. The first-order valence-electron chi connectivity index (χ1n) is 10.9. The maximum absolute atomic E-state index is 12.9. The van der Waals surface area contributed by atoms with Crippen molar-refractivity contribution < 1.29 is 14.3 Å². The number of hydrogen-bond donors (Lipinski definition) is 3. The maximum atomic E-state index is 12.9. The SMILES string of the molecule is CC(C)(C)OC(=O)N[C@H]1CC[C@@H](NC(=O)c2cccnc2NC2CCSCC2)CC1. The Labute approximate surface area is 183 Å². The number of amides is 2. The molecule has 1 aliphatic carbocycles. The average Bonchev–Trinajstić information content (AvgIpc) is 2.69. The molecule has 0 radical (unpaired) electrons. The van der Waals surface area contributed by atoms with Crippen molar-refractivity contribution in [2.45, 2.75) is 83.0 Å². The van der Waals surface area contributed by atoms with Crippen LogP contribution < -0.4 is 16.0 Å². The summed E-state index contributed by atoms with van der Waals surface area (Å²) in [7, 11) is 0. The molecular formula is C22H34N4O3S. The highest BCUT2D eigenvalue weighted by Crippen LogP contribution is 2.23. The summed E-state index contributed by atoms with van der Waals surface area (Å²) in [5.41, 5.74) is 0.103. The Bertz CT molecular complexity index is 723. The monoisotopic (exact) mass is 434 g/mol. The molecule has 1 aromatic rings. The number of carbonyl (C=O) groups excluding carboxylic acids is 2. The van der Waals surface area contributed by atoms with Crippen LogP contribution in [0.2, 0.25) is 0 Å². The molecule has 1 aliphatic heterocycles. The normalized spacial score (nSPS) is 22.8. The fourth-order valence-electron chi connectivity index (χ4n) is 3.86. The fraction of sp³-hybridized carbons (Fsp3) is 0.682. The zero-order valence-corrected chi connectivity index (χ0v) is 19.0. The predicted octanol–water partition coefficient (Wildman–Crippen LogP) is 3.95. The van der Waals surface area contributed by atoms with E-state index in [1.54, 1.807) is 12.3 Å². The van der Waals surface area contributed by atoms with Gasteiger partial charge in [-0.15, -0.1) is 0 Å². The van der Waals surface area contributed by atoms with Crippen molar-refractivity contribution in [3.8, 4) is 0 Å². The standard InChI is InChI=1S/C22H34N4O3S/c1-22(2,3)29-21(28)26-16-8-6-15(7-9-16)25-20(27)18-5-4-12-23-19(18)24-17-10-13-30-14-11-17/h4-5,12,15-17H,6-11,13-14H2,1-3H3,(H,23,24)(H,25,27)(H,26,28)/t15-,16+. The molecule has 0 unspecified atom stereocenters. The topological polar surface area (TPSA) is 92.4 Å². The summed E-state index contributed by atoms with van der Waals surface area (Å²) >= 11 is 1.98. The van der Waals surface area contributed by atoms with Crippen molar-refractivity contribution in [3.05, 3.63) is 23.9 Å². The van der Waals surface area contributed by atoms with E-state index in [0.29, 0.717) is 17.4 Å². The molecule has 1 aromatic heterocycles. The second kappa shape index (κ2) is 10.4. The van der Waals surface area contributed by atoms with Gasteiger partial charge in [-0.2, -0.15) is 11.8 Å². The summed E-state index contributed by atoms with van der Waals surface area (Å²) in [6.07, 6.45) is 6.84. The second-order valence-corrected chi connectivity index (χ2v) is 10.3. The van der Waals surface area contributed by atoms with E-state index in [0.717, 1.165) is 50.0 Å². The Kier molecular flexibility index (Phi) is 7.86. The number of carbonyl (C=O) groups is 2. The third kappa shape index (κ3) is 7.07. The third-order valence-electron chi connectivity index (χ3n) is 5.40. The minimum Gasteiger partial charge on any atom is -0.444 e. The van der Waals surface area contributed by atoms with Crippen LogP contribution in [-0.4, -0.2) is 52.2 Å². The summed E-state index contributed by atoms with van der Waals surface area (Å²) in [6.45, 7) is 5.56. The van der Waals surface area contributed by atoms with Crippen molar-refractivity contribution in [2.75, 3.05) is 16.8 Å². The number of thioether (sulfide) groups is 1. The van der Waals surface area contributed by atoms with Crippen LogP contribution in [0.3, 0.4) is 0 Å². The van der Waals surface area contributed by atoms with E-state index in [4.69, 9.17) is 4.74 Å². The van der Waals surface area contributed by atoms with Gasteiger partial charge in [0.15, 0.2) is 0 Å². The highest BCUT2D eigenvalue weighted by molar-refractivity contribution is 7.99. The molecule has 2 aliphatic rings. The van der Waals surface area contributed by atoms with Gasteiger partial charge in [-0.25, -0.2) is 9.78 Å². The van der Waals surface area contributed by atoms with Gasteiger partial charge in [-0.3, -0.25) is 4.79 Å². The molecule has 0 bridgehead atoms. The van der Waals surface area contributed by atoms with Crippen molar-refractivity contribution >= 4 is 29.6 Å². The molecule has 3 rings (SSSR count). The number of hydrogen-bond acceptors (Lipinski definition) is 6. The molecule has 1 saturated heterocycles. The van der Waals surface area contributed by atoms with Crippen molar-refractivity contribution in [1.29, 1.82) is 0 Å². The fourth-order valence-corrected chi connectivity index (χ4v) is 4.96. The molecule has 2 fully saturated rings. The molecule has 166 valence electrons. The van der Waals surface area contributed by atoms with Crippen molar-refractivity contribution in [3.63, 3.8) is 0 Å². The first-order chi connectivity index (χ1) is 14.3. The smallest absolute Gasteiger partial charge is 0.407 e. The molecule has 7 nitrogen and oxygen atoms in total. The largest absolute Gasteiger partial charge is 0.444 e. The third-order valence-corrected chi connectivity index (χ3v) is 6.45. The number of ether oxygens (including phenoxy) is 1. The average molecular weight is 435 g/mol. The summed E-state index contributed by atoms with van der Waals surface area (Å²) in [5.74, 6) is 2.88. The Hall–Kier alpha value is -1.96. The number of nitrogens with one attached hydrogen (secondary N) is 3. The Morgan fingerprint density at radius 2 is 1.63 bits per heavy atom. The van der Waals surface area contributed by atoms with Crippen molar-refractivity contribution in [1.82, 2.24) is 15.6 Å². The van der Waals surface area contributed by atoms with Gasteiger partial charge >= 0.3 is 6.09 Å². The van der Waals surface area contributed by atoms with Gasteiger partial charge in [0.25, 0.3) is 5.91 Å². The van der Waals surface area contributed by atoms with Gasteiger partial charge in [0.1, 0.15) is 11.4 Å². The Morgan fingerprint density at radius 3 is 2.27 bits per heavy atom. The first kappa shape index (κ1) is 22.7. The van der Waals surface area contributed by atoms with E-state index < -0.39 is 5.60 Å². The number of pyridine rings is 1. The van der Waals surface area contributed by atoms with Crippen LogP contribution in [0.25, 0.3) is 0 Å². The number of nitrogens with zero attached hydrogens (tertiary/aromatic N) is 1. The first-order valence-corrected chi connectivity index (χ1v) is 12.1. The van der Waals surface area contributed by atoms with Gasteiger partial charge in [0.2, 0.25) is 0 Å². The highest BCUT2D eigenvalue weighted by Gasteiger charge is 2.26. The van der Waals surface area contributed by atoms with Gasteiger partial charge in [-0.05, 0) is 82.9 Å². The lowest BCUT2D eigenvalue weighted by Crippen LogP contribution is -2.45. The molecule has 0 atom stereocenters. The molecule has 1 saturated carbocycles. The van der Waals surface area contributed by atoms with Crippen LogP contribution in [0.4, 0.5) is 10.6 Å². The van der Waals surface area contributed by atoms with Gasteiger partial charge in [0.05, 0.1) is 5.56 Å². The van der Waals surface area contributed by atoms with Gasteiger partial charge in [0, 0.05) is 24.3 Å². The molecule has 0 aromatic carbocycles. The Morgan fingerprint density at radius 1 is 1.00 bits per heavy atom. The highest BCUT2D eigenvalue weighted by atomic mass is 32.2. The van der Waals surface area contributed by atoms with Gasteiger partial charge in [-0.1, -0.05) is 0 Å². The zero-order chi connectivity index (χ0) is 21.6. The molecule has 8 heteroatoms. The molecule has 2 heterocycles. The van der Waals surface area contributed by atoms with E-state index in [9.17, 15) is 9.59 Å². The van der Waals surface area contributed by atoms with E-state index in [1.807, 2.05) is 38.6 Å². The number of anilines is 1. The number of aromatic nitrogens is 1. The van der Waals surface area contributed by atoms with Crippen LogP contribution >= 0.6 is 11.8 Å². The quantitative estimate of drug-likeness (QED) is 0.650. The zero-order valence-electron chi connectivity index (χ0n) is 18.2. The summed E-state index contributed by atoms with van der Waals surface area (Å²) in [5, 5.41) is 9.57. The van der Waals surface area contributed by atoms with E-state index in [1.165, 1.54) is 0 Å². The maximum Gasteiger partial charge on any atom is 0.407 e. The van der Waals surface area contributed by atoms with Crippen LogP contribution in [0.5, 0.6) is 0 Å². The van der Waals surface area contributed by atoms with Crippen molar-refractivity contribution in [2.24, 2.45) is 0 Å². The predicted molar refractivity (Wildman–Crippen MR) is 121 cm³/mol. The molecule has 2 amide bonds. The van der Waals surface area contributed by atoms with E-state index in [-0.39, 0.29) is 24.1 Å². The molecule has 30 heavy (non-hydrogen) atoms. The van der Waals surface area contributed by atoms with Crippen LogP contribution in [-0.2, 0) is 4.74 Å². The van der Waals surface area contributed by atoms with Crippen LogP contribution in [0.15, 0.2) is 18.3 Å². The summed E-state index contributed by atoms with van der Waals surface area (Å²) in [4.78, 5) is 29.3. The molecular weight excluding hydrogens is 400 g/mol. The lowest BCUT2D eigenvalue weighted by Gasteiger charge is -2.30. The minimum atomic E-state index is -0.499. The van der Waals surface area contributed by atoms with E-state index in [2.05, 4.69) is 20.9 Å². The van der Waals surface area contributed by atoms with E-state index >= 15 is 0 Å². The molecule has 0 spiro atoms. The number of rotatable bonds is 5. The summed E-state index contributed by atoms with van der Waals surface area (Å²) < 4.78 is 5.33. The van der Waals surface area contributed by atoms with Gasteiger partial charge < -0.3 is 20.7 Å². The second-order valence-electron chi connectivity index (χ2n) is 9.10. The molecule has 3 N–H and O–H groups in total.